The van der Waals surface area contributed by atoms with Crippen molar-refractivity contribution in [1.29, 1.82) is 0 Å². The highest BCUT2D eigenvalue weighted by molar-refractivity contribution is 5.97. The van der Waals surface area contributed by atoms with Gasteiger partial charge in [-0.05, 0) is 29.2 Å². The Morgan fingerprint density at radius 2 is 1.86 bits per heavy atom. The van der Waals surface area contributed by atoms with E-state index >= 15 is 0 Å². The van der Waals surface area contributed by atoms with Crippen molar-refractivity contribution in [3.63, 3.8) is 0 Å². The average Bonchev–Trinajstić information content (AvgIpc) is 2.88. The van der Waals surface area contributed by atoms with Crippen LogP contribution in [0, 0.1) is 0 Å². The summed E-state index contributed by atoms with van der Waals surface area (Å²) in [5.41, 5.74) is 3.38. The summed E-state index contributed by atoms with van der Waals surface area (Å²) >= 11 is 0. The molecule has 0 radical (unpaired) electrons. The molecule has 0 aliphatic heterocycles. The molecular weight excluding hydrogens is 274 g/mol. The Balaban J connectivity index is 1.85. The van der Waals surface area contributed by atoms with E-state index in [1.165, 1.54) is 0 Å². The molecule has 0 aliphatic carbocycles. The fraction of sp³-hybridized carbons (Fsp3) is 0.263. The van der Waals surface area contributed by atoms with E-state index in [4.69, 9.17) is 4.42 Å². The van der Waals surface area contributed by atoms with E-state index in [0.717, 1.165) is 11.1 Å². The summed E-state index contributed by atoms with van der Waals surface area (Å²) in [5, 5.41) is 0. The number of fused-ring (bicyclic) bond motifs is 1. The van der Waals surface area contributed by atoms with Gasteiger partial charge in [0, 0.05) is 5.56 Å². The maximum absolute atomic E-state index is 12.5. The van der Waals surface area contributed by atoms with E-state index < -0.39 is 0 Å². The van der Waals surface area contributed by atoms with Crippen molar-refractivity contribution in [3.8, 4) is 0 Å². The number of hydrogen-bond donors (Lipinski definition) is 0. The SMILES string of the molecule is CC(C)(C)c1cccc(C(=O)Cc2nc3ccccc3o2)c1. The minimum Gasteiger partial charge on any atom is -0.440 e. The van der Waals surface area contributed by atoms with Crippen LogP contribution in [0.25, 0.3) is 11.1 Å². The molecule has 0 bridgehead atoms. The van der Waals surface area contributed by atoms with E-state index in [9.17, 15) is 4.79 Å². The summed E-state index contributed by atoms with van der Waals surface area (Å²) in [4.78, 5) is 16.8. The summed E-state index contributed by atoms with van der Waals surface area (Å²) in [6, 6.07) is 15.3. The molecule has 3 heteroatoms. The standard InChI is InChI=1S/C19H19NO2/c1-19(2,3)14-8-6-7-13(11-14)16(21)12-18-20-15-9-4-5-10-17(15)22-18/h4-11H,12H2,1-3H3. The van der Waals surface area contributed by atoms with Crippen molar-refractivity contribution in [3.05, 3.63) is 65.5 Å². The van der Waals surface area contributed by atoms with E-state index in [1.54, 1.807) is 0 Å². The van der Waals surface area contributed by atoms with Crippen LogP contribution in [0.15, 0.2) is 52.9 Å². The van der Waals surface area contributed by atoms with Crippen LogP contribution in [0.2, 0.25) is 0 Å². The van der Waals surface area contributed by atoms with Gasteiger partial charge in [-0.3, -0.25) is 4.79 Å². The van der Waals surface area contributed by atoms with Gasteiger partial charge in [0.2, 0.25) is 5.89 Å². The highest BCUT2D eigenvalue weighted by Gasteiger charge is 2.17. The molecule has 0 N–H and O–H groups in total. The number of carbonyl (C=O) groups is 1. The number of aromatic nitrogens is 1. The van der Waals surface area contributed by atoms with Gasteiger partial charge >= 0.3 is 0 Å². The van der Waals surface area contributed by atoms with Gasteiger partial charge in [-0.1, -0.05) is 51.1 Å². The number of benzene rings is 2. The first-order chi connectivity index (χ1) is 10.4. The molecule has 1 aromatic heterocycles. The predicted molar refractivity (Wildman–Crippen MR) is 87.2 cm³/mol. The Morgan fingerprint density at radius 1 is 1.09 bits per heavy atom. The minimum absolute atomic E-state index is 0.0217. The molecule has 3 nitrogen and oxygen atoms in total. The predicted octanol–water partition coefficient (Wildman–Crippen LogP) is 4.55. The molecule has 0 aliphatic rings. The Hall–Kier alpha value is -2.42. The highest BCUT2D eigenvalue weighted by Crippen LogP contribution is 2.23. The number of rotatable bonds is 3. The largest absolute Gasteiger partial charge is 0.440 e. The lowest BCUT2D eigenvalue weighted by atomic mass is 9.85. The lowest BCUT2D eigenvalue weighted by Crippen LogP contribution is -2.12. The Morgan fingerprint density at radius 3 is 2.59 bits per heavy atom. The van der Waals surface area contributed by atoms with Crippen molar-refractivity contribution in [2.24, 2.45) is 0 Å². The van der Waals surface area contributed by atoms with Gasteiger partial charge in [0.15, 0.2) is 11.4 Å². The maximum Gasteiger partial charge on any atom is 0.203 e. The second kappa shape index (κ2) is 5.41. The smallest absolute Gasteiger partial charge is 0.203 e. The summed E-state index contributed by atoms with van der Waals surface area (Å²) in [6.07, 6.45) is 0.183. The number of oxazole rings is 1. The molecule has 0 saturated heterocycles. The fourth-order valence-electron chi connectivity index (χ4n) is 2.39. The van der Waals surface area contributed by atoms with Gasteiger partial charge in [0.25, 0.3) is 0 Å². The van der Waals surface area contributed by atoms with E-state index in [-0.39, 0.29) is 17.6 Å². The zero-order valence-corrected chi connectivity index (χ0v) is 13.1. The molecule has 0 spiro atoms. The van der Waals surface area contributed by atoms with Gasteiger partial charge in [-0.15, -0.1) is 0 Å². The van der Waals surface area contributed by atoms with Crippen LogP contribution in [0.4, 0.5) is 0 Å². The molecule has 112 valence electrons. The summed E-state index contributed by atoms with van der Waals surface area (Å²) in [5.74, 6) is 0.491. The van der Waals surface area contributed by atoms with Crippen LogP contribution < -0.4 is 0 Å². The third kappa shape index (κ3) is 2.93. The summed E-state index contributed by atoms with van der Waals surface area (Å²) in [6.45, 7) is 6.41. The first-order valence-electron chi connectivity index (χ1n) is 7.42. The molecule has 3 rings (SSSR count). The number of hydrogen-bond acceptors (Lipinski definition) is 3. The van der Waals surface area contributed by atoms with Crippen molar-refractivity contribution < 1.29 is 9.21 Å². The quantitative estimate of drug-likeness (QED) is 0.665. The zero-order chi connectivity index (χ0) is 15.7. The molecule has 0 fully saturated rings. The van der Waals surface area contributed by atoms with Crippen molar-refractivity contribution in [2.75, 3.05) is 0 Å². The van der Waals surface area contributed by atoms with Crippen LogP contribution in [0.1, 0.15) is 42.6 Å². The number of nitrogens with zero attached hydrogens (tertiary/aromatic N) is 1. The summed E-state index contributed by atoms with van der Waals surface area (Å²) in [7, 11) is 0. The monoisotopic (exact) mass is 293 g/mol. The molecular formula is C19H19NO2. The molecule has 3 aromatic rings. The maximum atomic E-state index is 12.5. The van der Waals surface area contributed by atoms with Crippen LogP contribution in [0.5, 0.6) is 0 Å². The first-order valence-corrected chi connectivity index (χ1v) is 7.42. The fourth-order valence-corrected chi connectivity index (χ4v) is 2.39. The Labute approximate surface area is 130 Å². The number of Topliss-reactive ketones (excluding diaryl/α,β-unsaturated/α-hetero) is 1. The Kier molecular flexibility index (Phi) is 3.57. The first kappa shape index (κ1) is 14.5. The molecule has 0 saturated carbocycles. The van der Waals surface area contributed by atoms with Gasteiger partial charge in [-0.25, -0.2) is 4.98 Å². The van der Waals surface area contributed by atoms with Crippen molar-refractivity contribution in [2.45, 2.75) is 32.6 Å². The van der Waals surface area contributed by atoms with Gasteiger partial charge in [-0.2, -0.15) is 0 Å². The molecule has 0 unspecified atom stereocenters. The molecule has 0 amide bonds. The Bertz CT molecular complexity index is 792. The van der Waals surface area contributed by atoms with E-state index in [2.05, 4.69) is 31.8 Å². The molecule has 0 atom stereocenters. The number of para-hydroxylation sites is 2. The van der Waals surface area contributed by atoms with Gasteiger partial charge in [0.1, 0.15) is 5.52 Å². The second-order valence-corrected chi connectivity index (χ2v) is 6.51. The van der Waals surface area contributed by atoms with Crippen LogP contribution >= 0.6 is 0 Å². The van der Waals surface area contributed by atoms with Gasteiger partial charge < -0.3 is 4.42 Å². The van der Waals surface area contributed by atoms with Gasteiger partial charge in [0.05, 0.1) is 6.42 Å². The van der Waals surface area contributed by atoms with E-state index in [0.29, 0.717) is 17.0 Å². The molecule has 22 heavy (non-hydrogen) atoms. The average molecular weight is 293 g/mol. The third-order valence-corrected chi connectivity index (χ3v) is 3.70. The van der Waals surface area contributed by atoms with Crippen LogP contribution in [-0.2, 0) is 11.8 Å². The van der Waals surface area contributed by atoms with Crippen LogP contribution in [-0.4, -0.2) is 10.8 Å². The zero-order valence-electron chi connectivity index (χ0n) is 13.1. The van der Waals surface area contributed by atoms with Crippen molar-refractivity contribution >= 4 is 16.9 Å². The third-order valence-electron chi connectivity index (χ3n) is 3.70. The molecule has 2 aromatic carbocycles. The lowest BCUT2D eigenvalue weighted by Gasteiger charge is -2.19. The number of ketones is 1. The number of carbonyl (C=O) groups excluding carboxylic acids is 1. The van der Waals surface area contributed by atoms with Crippen molar-refractivity contribution in [1.82, 2.24) is 4.98 Å². The highest BCUT2D eigenvalue weighted by atomic mass is 16.3. The molecule has 1 heterocycles. The lowest BCUT2D eigenvalue weighted by molar-refractivity contribution is 0.0986. The van der Waals surface area contributed by atoms with E-state index in [1.807, 2.05) is 42.5 Å². The summed E-state index contributed by atoms with van der Waals surface area (Å²) < 4.78 is 5.63. The van der Waals surface area contributed by atoms with Crippen LogP contribution in [0.3, 0.4) is 0 Å². The second-order valence-electron chi connectivity index (χ2n) is 6.51. The minimum atomic E-state index is 0.0217. The normalized spacial score (nSPS) is 11.8. The topological polar surface area (TPSA) is 43.1 Å².